The van der Waals surface area contributed by atoms with E-state index >= 15 is 0 Å². The molecular weight excluding hydrogens is 198 g/mol. The van der Waals surface area contributed by atoms with Gasteiger partial charge in [-0.2, -0.15) is 0 Å². The van der Waals surface area contributed by atoms with Gasteiger partial charge in [-0.15, -0.1) is 0 Å². The van der Waals surface area contributed by atoms with Gasteiger partial charge < -0.3 is 10.1 Å². The van der Waals surface area contributed by atoms with E-state index in [1.165, 1.54) is 24.8 Å². The molecule has 1 N–H and O–H groups in total. The van der Waals surface area contributed by atoms with Gasteiger partial charge in [0, 0.05) is 6.54 Å². The fourth-order valence-corrected chi connectivity index (χ4v) is 2.19. The molecule has 0 amide bonds. The minimum atomic E-state index is 0.353. The molecule has 1 aliphatic heterocycles. The van der Waals surface area contributed by atoms with Gasteiger partial charge in [0.05, 0.1) is 0 Å². The van der Waals surface area contributed by atoms with Gasteiger partial charge in [0.25, 0.3) is 0 Å². The van der Waals surface area contributed by atoms with Gasteiger partial charge in [0.15, 0.2) is 0 Å². The van der Waals surface area contributed by atoms with Crippen LogP contribution in [0, 0.1) is 0 Å². The third-order valence-corrected chi connectivity index (χ3v) is 3.04. The summed E-state index contributed by atoms with van der Waals surface area (Å²) in [6.45, 7) is 4.33. The van der Waals surface area contributed by atoms with Crippen LogP contribution >= 0.6 is 0 Å². The summed E-state index contributed by atoms with van der Waals surface area (Å²) in [5, 5.41) is 3.38. The number of rotatable bonds is 4. The van der Waals surface area contributed by atoms with Gasteiger partial charge in [-0.25, -0.2) is 0 Å². The van der Waals surface area contributed by atoms with Crippen LogP contribution < -0.4 is 10.1 Å². The average Bonchev–Trinajstić information content (AvgIpc) is 2.33. The van der Waals surface area contributed by atoms with Crippen LogP contribution in [0.2, 0.25) is 0 Å². The van der Waals surface area contributed by atoms with Crippen LogP contribution in [0.4, 0.5) is 0 Å². The van der Waals surface area contributed by atoms with E-state index in [1.807, 2.05) is 0 Å². The molecule has 0 radical (unpaired) electrons. The van der Waals surface area contributed by atoms with Crippen LogP contribution in [0.3, 0.4) is 0 Å². The lowest BCUT2D eigenvalue weighted by molar-refractivity contribution is 0.165. The maximum Gasteiger partial charge on any atom is 0.122 e. The van der Waals surface area contributed by atoms with Crippen molar-refractivity contribution >= 4 is 0 Å². The van der Waals surface area contributed by atoms with E-state index in [1.54, 1.807) is 0 Å². The summed E-state index contributed by atoms with van der Waals surface area (Å²) >= 11 is 0. The van der Waals surface area contributed by atoms with Crippen LogP contribution in [-0.2, 0) is 6.42 Å². The molecule has 0 unspecified atom stereocenters. The van der Waals surface area contributed by atoms with Crippen molar-refractivity contribution in [3.63, 3.8) is 0 Å². The van der Waals surface area contributed by atoms with E-state index < -0.39 is 0 Å². The molecule has 16 heavy (non-hydrogen) atoms. The molecule has 1 aromatic rings. The first-order valence-electron chi connectivity index (χ1n) is 6.35. The highest BCUT2D eigenvalue weighted by molar-refractivity contribution is 5.33. The van der Waals surface area contributed by atoms with Crippen LogP contribution in [0.25, 0.3) is 0 Å². The minimum Gasteiger partial charge on any atom is -0.489 e. The summed E-state index contributed by atoms with van der Waals surface area (Å²) in [6.07, 6.45) is 5.03. The lowest BCUT2D eigenvalue weighted by Crippen LogP contribution is -2.37. The fourth-order valence-electron chi connectivity index (χ4n) is 2.19. The molecule has 0 aliphatic carbocycles. The molecule has 1 aromatic carbocycles. The molecule has 2 heteroatoms. The minimum absolute atomic E-state index is 0.353. The van der Waals surface area contributed by atoms with E-state index in [0.29, 0.717) is 6.10 Å². The van der Waals surface area contributed by atoms with Gasteiger partial charge in [0.2, 0.25) is 0 Å². The Morgan fingerprint density at radius 2 is 2.25 bits per heavy atom. The number of nitrogens with one attached hydrogen (secondary N) is 1. The standard InChI is InChI=1S/C14H21NO/c1-2-6-12-7-3-4-9-14(12)16-13-8-5-10-15-11-13/h3-4,7,9,13,15H,2,5-6,8,10-11H2,1H3/t13-/m1/s1. The Balaban J connectivity index is 2.01. The molecular formula is C14H21NO. The summed E-state index contributed by atoms with van der Waals surface area (Å²) in [5.41, 5.74) is 1.34. The molecule has 0 spiro atoms. The van der Waals surface area contributed by atoms with Crippen LogP contribution in [0.15, 0.2) is 24.3 Å². The molecule has 88 valence electrons. The van der Waals surface area contributed by atoms with E-state index in [-0.39, 0.29) is 0 Å². The monoisotopic (exact) mass is 219 g/mol. The highest BCUT2D eigenvalue weighted by atomic mass is 16.5. The summed E-state index contributed by atoms with van der Waals surface area (Å²) < 4.78 is 6.08. The van der Waals surface area contributed by atoms with Crippen molar-refractivity contribution in [3.05, 3.63) is 29.8 Å². The SMILES string of the molecule is CCCc1ccccc1O[C@@H]1CCCNC1. The van der Waals surface area contributed by atoms with Crippen molar-refractivity contribution in [3.8, 4) is 5.75 Å². The fraction of sp³-hybridized carbons (Fsp3) is 0.571. The van der Waals surface area contributed by atoms with Crippen molar-refractivity contribution < 1.29 is 4.74 Å². The van der Waals surface area contributed by atoms with Crippen molar-refractivity contribution in [2.24, 2.45) is 0 Å². The number of hydrogen-bond acceptors (Lipinski definition) is 2. The summed E-state index contributed by atoms with van der Waals surface area (Å²) in [5.74, 6) is 1.08. The van der Waals surface area contributed by atoms with Gasteiger partial charge in [-0.05, 0) is 37.4 Å². The normalized spacial score (nSPS) is 20.7. The Labute approximate surface area is 98.0 Å². The number of para-hydroxylation sites is 1. The van der Waals surface area contributed by atoms with Crippen molar-refractivity contribution in [1.82, 2.24) is 5.32 Å². The molecule has 1 atom stereocenters. The molecule has 2 nitrogen and oxygen atoms in total. The number of aryl methyl sites for hydroxylation is 1. The van der Waals surface area contributed by atoms with E-state index in [0.717, 1.165) is 25.3 Å². The van der Waals surface area contributed by atoms with E-state index in [9.17, 15) is 0 Å². The second-order valence-corrected chi connectivity index (χ2v) is 4.44. The van der Waals surface area contributed by atoms with E-state index in [2.05, 4.69) is 36.5 Å². The first-order valence-corrected chi connectivity index (χ1v) is 6.35. The molecule has 2 rings (SSSR count). The second-order valence-electron chi connectivity index (χ2n) is 4.44. The topological polar surface area (TPSA) is 21.3 Å². The van der Waals surface area contributed by atoms with Gasteiger partial charge in [0.1, 0.15) is 11.9 Å². The lowest BCUT2D eigenvalue weighted by Gasteiger charge is -2.25. The molecule has 0 aromatic heterocycles. The zero-order valence-electron chi connectivity index (χ0n) is 10.0. The third kappa shape index (κ3) is 2.99. The number of hydrogen-bond donors (Lipinski definition) is 1. The maximum absolute atomic E-state index is 6.08. The predicted octanol–water partition coefficient (Wildman–Crippen LogP) is 2.77. The Kier molecular flexibility index (Phi) is 4.23. The Bertz CT molecular complexity index is 318. The maximum atomic E-state index is 6.08. The third-order valence-electron chi connectivity index (χ3n) is 3.04. The second kappa shape index (κ2) is 5.90. The lowest BCUT2D eigenvalue weighted by atomic mass is 10.1. The van der Waals surface area contributed by atoms with Crippen molar-refractivity contribution in [2.75, 3.05) is 13.1 Å². The van der Waals surface area contributed by atoms with E-state index in [4.69, 9.17) is 4.74 Å². The quantitative estimate of drug-likeness (QED) is 0.840. The molecule has 0 bridgehead atoms. The average molecular weight is 219 g/mol. The van der Waals surface area contributed by atoms with Crippen LogP contribution in [0.5, 0.6) is 5.75 Å². The zero-order chi connectivity index (χ0) is 11.2. The van der Waals surface area contributed by atoms with Crippen molar-refractivity contribution in [2.45, 2.75) is 38.7 Å². The first kappa shape index (κ1) is 11.5. The van der Waals surface area contributed by atoms with Gasteiger partial charge >= 0.3 is 0 Å². The Hall–Kier alpha value is -1.02. The number of piperidine rings is 1. The Morgan fingerprint density at radius 3 is 3.00 bits per heavy atom. The number of benzene rings is 1. The zero-order valence-corrected chi connectivity index (χ0v) is 10.0. The largest absolute Gasteiger partial charge is 0.489 e. The summed E-state index contributed by atoms with van der Waals surface area (Å²) in [6, 6.07) is 8.43. The Morgan fingerprint density at radius 1 is 1.38 bits per heavy atom. The molecule has 1 fully saturated rings. The molecule has 0 saturated carbocycles. The molecule has 1 aliphatic rings. The first-order chi connectivity index (χ1) is 7.90. The van der Waals surface area contributed by atoms with Crippen LogP contribution in [-0.4, -0.2) is 19.2 Å². The van der Waals surface area contributed by atoms with Gasteiger partial charge in [-0.3, -0.25) is 0 Å². The highest BCUT2D eigenvalue weighted by Crippen LogP contribution is 2.22. The molecule has 1 saturated heterocycles. The summed E-state index contributed by atoms with van der Waals surface area (Å²) in [7, 11) is 0. The van der Waals surface area contributed by atoms with Crippen LogP contribution in [0.1, 0.15) is 31.7 Å². The highest BCUT2D eigenvalue weighted by Gasteiger charge is 2.15. The molecule has 1 heterocycles. The smallest absolute Gasteiger partial charge is 0.122 e. The van der Waals surface area contributed by atoms with Gasteiger partial charge in [-0.1, -0.05) is 31.5 Å². The van der Waals surface area contributed by atoms with Crippen molar-refractivity contribution in [1.29, 1.82) is 0 Å². The summed E-state index contributed by atoms with van der Waals surface area (Å²) in [4.78, 5) is 0. The number of ether oxygens (including phenoxy) is 1. The predicted molar refractivity (Wildman–Crippen MR) is 67.0 cm³/mol.